The summed E-state index contributed by atoms with van der Waals surface area (Å²) >= 11 is 0. The molecule has 1 atom stereocenters. The average molecular weight is 285 g/mol. The van der Waals surface area contributed by atoms with Crippen molar-refractivity contribution < 1.29 is 0 Å². The molecular formula is C20H17N2. The molecule has 0 fully saturated rings. The molecule has 0 spiro atoms. The zero-order valence-electron chi connectivity index (χ0n) is 12.3. The molecule has 3 aromatic rings. The van der Waals surface area contributed by atoms with Gasteiger partial charge in [-0.15, -0.1) is 0 Å². The predicted octanol–water partition coefficient (Wildman–Crippen LogP) is 4.00. The van der Waals surface area contributed by atoms with Crippen molar-refractivity contribution in [3.05, 3.63) is 89.6 Å². The van der Waals surface area contributed by atoms with Crippen molar-refractivity contribution in [1.29, 1.82) is 0 Å². The monoisotopic (exact) mass is 285 g/mol. The van der Waals surface area contributed by atoms with E-state index in [9.17, 15) is 0 Å². The molecule has 1 unspecified atom stereocenters. The number of aromatic nitrogens is 1. The van der Waals surface area contributed by atoms with Gasteiger partial charge in [-0.1, -0.05) is 54.6 Å². The van der Waals surface area contributed by atoms with Crippen LogP contribution in [0.5, 0.6) is 0 Å². The van der Waals surface area contributed by atoms with Gasteiger partial charge in [-0.05, 0) is 35.2 Å². The van der Waals surface area contributed by atoms with Crippen molar-refractivity contribution >= 4 is 0 Å². The number of pyridine rings is 1. The van der Waals surface area contributed by atoms with Crippen molar-refractivity contribution in [3.8, 4) is 11.3 Å². The molecular weight excluding hydrogens is 268 g/mol. The van der Waals surface area contributed by atoms with Crippen molar-refractivity contribution in [1.82, 2.24) is 10.3 Å². The summed E-state index contributed by atoms with van der Waals surface area (Å²) in [4.78, 5) is 4.40. The van der Waals surface area contributed by atoms with Gasteiger partial charge in [-0.2, -0.15) is 0 Å². The zero-order valence-corrected chi connectivity index (χ0v) is 12.3. The number of hydrogen-bond acceptors (Lipinski definition) is 1. The molecule has 0 bridgehead atoms. The van der Waals surface area contributed by atoms with E-state index in [1.54, 1.807) is 0 Å². The Morgan fingerprint density at radius 2 is 1.64 bits per heavy atom. The fourth-order valence-electron chi connectivity index (χ4n) is 3.10. The zero-order chi connectivity index (χ0) is 14.8. The predicted molar refractivity (Wildman–Crippen MR) is 88.7 cm³/mol. The molecule has 0 N–H and O–H groups in total. The first-order chi connectivity index (χ1) is 10.9. The summed E-state index contributed by atoms with van der Waals surface area (Å²) in [5, 5.41) is 4.83. The van der Waals surface area contributed by atoms with Crippen LogP contribution < -0.4 is 5.32 Å². The van der Waals surface area contributed by atoms with Gasteiger partial charge in [0.05, 0.1) is 11.7 Å². The Hall–Kier alpha value is -2.45. The summed E-state index contributed by atoms with van der Waals surface area (Å²) in [5.41, 5.74) is 6.19. The van der Waals surface area contributed by atoms with Gasteiger partial charge in [0.2, 0.25) is 0 Å². The lowest BCUT2D eigenvalue weighted by atomic mass is 9.89. The van der Waals surface area contributed by atoms with Crippen molar-refractivity contribution in [2.24, 2.45) is 0 Å². The molecule has 2 nitrogen and oxygen atoms in total. The maximum atomic E-state index is 4.83. The number of benzene rings is 2. The molecule has 4 rings (SSSR count). The molecule has 2 aromatic carbocycles. The van der Waals surface area contributed by atoms with E-state index in [2.05, 4.69) is 53.5 Å². The average Bonchev–Trinajstić information content (AvgIpc) is 2.62. The lowest BCUT2D eigenvalue weighted by molar-refractivity contribution is 0.555. The van der Waals surface area contributed by atoms with Crippen molar-refractivity contribution in [2.75, 3.05) is 6.54 Å². The Balaban J connectivity index is 1.67. The van der Waals surface area contributed by atoms with Crippen LogP contribution in [0.1, 0.15) is 22.7 Å². The van der Waals surface area contributed by atoms with Gasteiger partial charge >= 0.3 is 0 Å². The van der Waals surface area contributed by atoms with Crippen LogP contribution in [0.2, 0.25) is 0 Å². The molecule has 1 radical (unpaired) electrons. The second kappa shape index (κ2) is 5.74. The van der Waals surface area contributed by atoms with Gasteiger partial charge in [0.25, 0.3) is 0 Å². The van der Waals surface area contributed by atoms with Crippen LogP contribution in [0.4, 0.5) is 0 Å². The SMILES string of the molecule is c1ccc(-c2ccc(C3[N]CCc4ccccc43)cc2)nc1. The van der Waals surface area contributed by atoms with Crippen LogP contribution in [0.25, 0.3) is 11.3 Å². The summed E-state index contributed by atoms with van der Waals surface area (Å²) in [5.74, 6) is 0. The molecule has 22 heavy (non-hydrogen) atoms. The third kappa shape index (κ3) is 2.42. The topological polar surface area (TPSA) is 27.0 Å². The minimum Gasteiger partial charge on any atom is -0.256 e. The van der Waals surface area contributed by atoms with E-state index in [0.717, 1.165) is 24.2 Å². The van der Waals surface area contributed by atoms with E-state index in [-0.39, 0.29) is 6.04 Å². The van der Waals surface area contributed by atoms with Crippen LogP contribution in [0, 0.1) is 0 Å². The Bertz CT molecular complexity index is 763. The Labute approximate surface area is 130 Å². The van der Waals surface area contributed by atoms with Crippen LogP contribution in [0.15, 0.2) is 72.9 Å². The maximum Gasteiger partial charge on any atom is 0.0748 e. The highest BCUT2D eigenvalue weighted by molar-refractivity contribution is 5.59. The first-order valence-electron chi connectivity index (χ1n) is 7.67. The Morgan fingerprint density at radius 3 is 2.45 bits per heavy atom. The van der Waals surface area contributed by atoms with Crippen LogP contribution in [-0.4, -0.2) is 11.5 Å². The summed E-state index contributed by atoms with van der Waals surface area (Å²) < 4.78 is 0. The summed E-state index contributed by atoms with van der Waals surface area (Å²) in [6.45, 7) is 0.906. The lowest BCUT2D eigenvalue weighted by Crippen LogP contribution is -2.24. The van der Waals surface area contributed by atoms with Crippen LogP contribution in [0.3, 0.4) is 0 Å². The van der Waals surface area contributed by atoms with E-state index >= 15 is 0 Å². The minimum atomic E-state index is 0.169. The standard InChI is InChI=1S/C20H17N2/c1-2-6-18-15(5-1)12-14-22-20(18)17-10-8-16(9-11-17)19-7-3-4-13-21-19/h1-11,13,20H,12,14H2. The number of rotatable bonds is 2. The van der Waals surface area contributed by atoms with Gasteiger partial charge in [-0.25, -0.2) is 5.32 Å². The summed E-state index contributed by atoms with van der Waals surface area (Å²) in [7, 11) is 0. The van der Waals surface area contributed by atoms with Gasteiger partial charge in [0, 0.05) is 18.3 Å². The highest BCUT2D eigenvalue weighted by Gasteiger charge is 2.21. The summed E-state index contributed by atoms with van der Waals surface area (Å²) in [6, 6.07) is 23.5. The Morgan fingerprint density at radius 1 is 0.818 bits per heavy atom. The fourth-order valence-corrected chi connectivity index (χ4v) is 3.10. The molecule has 1 aliphatic rings. The van der Waals surface area contributed by atoms with E-state index in [4.69, 9.17) is 5.32 Å². The molecule has 0 saturated carbocycles. The molecule has 1 aromatic heterocycles. The van der Waals surface area contributed by atoms with E-state index in [1.165, 1.54) is 16.7 Å². The Kier molecular flexibility index (Phi) is 3.45. The number of nitrogens with zero attached hydrogens (tertiary/aromatic N) is 2. The normalized spacial score (nSPS) is 17.0. The summed E-state index contributed by atoms with van der Waals surface area (Å²) in [6.07, 6.45) is 2.88. The quantitative estimate of drug-likeness (QED) is 0.699. The molecule has 0 amide bonds. The largest absolute Gasteiger partial charge is 0.256 e. The molecule has 107 valence electrons. The van der Waals surface area contributed by atoms with Gasteiger partial charge < -0.3 is 0 Å². The molecule has 0 saturated heterocycles. The van der Waals surface area contributed by atoms with Crippen LogP contribution >= 0.6 is 0 Å². The second-order valence-corrected chi connectivity index (χ2v) is 5.59. The van der Waals surface area contributed by atoms with Crippen LogP contribution in [-0.2, 0) is 6.42 Å². The smallest absolute Gasteiger partial charge is 0.0748 e. The van der Waals surface area contributed by atoms with E-state index in [0.29, 0.717) is 0 Å². The second-order valence-electron chi connectivity index (χ2n) is 5.59. The van der Waals surface area contributed by atoms with Crippen molar-refractivity contribution in [3.63, 3.8) is 0 Å². The van der Waals surface area contributed by atoms with E-state index in [1.807, 2.05) is 24.4 Å². The number of fused-ring (bicyclic) bond motifs is 1. The third-order valence-electron chi connectivity index (χ3n) is 4.23. The molecule has 2 heteroatoms. The number of hydrogen-bond donors (Lipinski definition) is 0. The van der Waals surface area contributed by atoms with Gasteiger partial charge in [0.1, 0.15) is 0 Å². The fraction of sp³-hybridized carbons (Fsp3) is 0.150. The van der Waals surface area contributed by atoms with E-state index < -0.39 is 0 Å². The molecule has 2 heterocycles. The third-order valence-corrected chi connectivity index (χ3v) is 4.23. The van der Waals surface area contributed by atoms with Gasteiger partial charge in [0.15, 0.2) is 0 Å². The highest BCUT2D eigenvalue weighted by Crippen LogP contribution is 2.30. The van der Waals surface area contributed by atoms with Crippen molar-refractivity contribution in [2.45, 2.75) is 12.5 Å². The molecule has 0 aliphatic carbocycles. The highest BCUT2D eigenvalue weighted by atomic mass is 14.9. The van der Waals surface area contributed by atoms with Gasteiger partial charge in [-0.3, -0.25) is 4.98 Å². The maximum absolute atomic E-state index is 4.83. The lowest BCUT2D eigenvalue weighted by Gasteiger charge is -2.25. The molecule has 1 aliphatic heterocycles. The first kappa shape index (κ1) is 13.2. The minimum absolute atomic E-state index is 0.169. The first-order valence-corrected chi connectivity index (χ1v) is 7.67.